The largest absolute Gasteiger partial charge is 2.00 e. The summed E-state index contributed by atoms with van der Waals surface area (Å²) in [5, 5.41) is 0. The van der Waals surface area contributed by atoms with Crippen LogP contribution in [0, 0.1) is 61.7 Å². The zero-order valence-corrected chi connectivity index (χ0v) is 14.6. The van der Waals surface area contributed by atoms with Gasteiger partial charge in [-0.2, -0.15) is 0 Å². The maximum atomic E-state index is 3.68. The Hall–Kier alpha value is 0.623. The minimum atomic E-state index is 0. The molecule has 1 aliphatic rings. The van der Waals surface area contributed by atoms with Crippen molar-refractivity contribution in [2.24, 2.45) is 0 Å². The molecule has 0 aromatic heterocycles. The van der Waals surface area contributed by atoms with Gasteiger partial charge in [0.05, 0.1) is 0 Å². The van der Waals surface area contributed by atoms with Gasteiger partial charge in [-0.25, -0.2) is 0 Å². The predicted molar refractivity (Wildman–Crippen MR) is 77.4 cm³/mol. The molecule has 100 valence electrons. The molecule has 1 heteroatoms. The third-order valence-corrected chi connectivity index (χ3v) is 3.31. The average Bonchev–Trinajstić information content (AvgIpc) is 2.35. The molecule has 0 saturated heterocycles. The minimum Gasteiger partial charge on any atom is -0.0588 e. The van der Waals surface area contributed by atoms with E-state index in [0.717, 1.165) is 11.8 Å². The van der Waals surface area contributed by atoms with Crippen LogP contribution in [0.5, 0.6) is 0 Å². The third kappa shape index (κ3) is 6.69. The molecule has 1 aliphatic carbocycles. The van der Waals surface area contributed by atoms with Crippen LogP contribution >= 0.6 is 0 Å². The summed E-state index contributed by atoms with van der Waals surface area (Å²) < 4.78 is 0. The average molecular weight is 331 g/mol. The van der Waals surface area contributed by atoms with Gasteiger partial charge < -0.3 is 0 Å². The number of hydrogen-bond donors (Lipinski definition) is 0. The van der Waals surface area contributed by atoms with Crippen LogP contribution in [-0.2, 0) is 19.5 Å². The Balaban J connectivity index is 0. The van der Waals surface area contributed by atoms with E-state index >= 15 is 0 Å². The standard InChI is InChI=1S/C10H15.C7H11.Ru/c1-6-7(2)9(4)10(5)8(6)3;1-6(2)5-7(3)4;/h1-5H3;5H,1,3H2,2,4H3;/q;;+2. The molecule has 0 unspecified atom stereocenters. The summed E-state index contributed by atoms with van der Waals surface area (Å²) >= 11 is 0. The van der Waals surface area contributed by atoms with Gasteiger partial charge in [0.15, 0.2) is 0 Å². The summed E-state index contributed by atoms with van der Waals surface area (Å²) in [6, 6.07) is 0. The quantitative estimate of drug-likeness (QED) is 0.624. The molecule has 0 amide bonds. The number of hydrogen-bond acceptors (Lipinski definition) is 0. The Morgan fingerprint density at radius 1 is 0.667 bits per heavy atom. The van der Waals surface area contributed by atoms with Crippen molar-refractivity contribution < 1.29 is 19.5 Å². The van der Waals surface area contributed by atoms with E-state index < -0.39 is 0 Å². The van der Waals surface area contributed by atoms with E-state index in [1.54, 1.807) is 0 Å². The van der Waals surface area contributed by atoms with E-state index in [2.05, 4.69) is 48.5 Å². The summed E-state index contributed by atoms with van der Waals surface area (Å²) in [5.41, 5.74) is 0. The zero-order valence-electron chi connectivity index (χ0n) is 12.8. The molecule has 0 spiro atoms. The Bertz CT molecular complexity index is 147. The van der Waals surface area contributed by atoms with Crippen molar-refractivity contribution in [1.29, 1.82) is 0 Å². The van der Waals surface area contributed by atoms with Crippen LogP contribution in [0.4, 0.5) is 0 Å². The van der Waals surface area contributed by atoms with Crippen LogP contribution in [0.1, 0.15) is 48.5 Å². The molecule has 1 fully saturated rings. The summed E-state index contributed by atoms with van der Waals surface area (Å²) in [7, 11) is 0. The van der Waals surface area contributed by atoms with Gasteiger partial charge in [0.2, 0.25) is 0 Å². The van der Waals surface area contributed by atoms with E-state index in [4.69, 9.17) is 0 Å². The second-order valence-corrected chi connectivity index (χ2v) is 4.96. The van der Waals surface area contributed by atoms with Gasteiger partial charge in [0, 0.05) is 0 Å². The van der Waals surface area contributed by atoms with Gasteiger partial charge in [-0.15, -0.1) is 0 Å². The topological polar surface area (TPSA) is 0 Å². The van der Waals surface area contributed by atoms with Crippen molar-refractivity contribution in [2.45, 2.75) is 48.5 Å². The summed E-state index contributed by atoms with van der Waals surface area (Å²) in [6.45, 7) is 22.3. The van der Waals surface area contributed by atoms with Crippen molar-refractivity contribution in [1.82, 2.24) is 0 Å². The molecule has 0 nitrogen and oxygen atoms in total. The Morgan fingerprint density at radius 2 is 0.833 bits per heavy atom. The molecule has 18 heavy (non-hydrogen) atoms. The molecule has 10 radical (unpaired) electrons. The smallest absolute Gasteiger partial charge is 0.0588 e. The van der Waals surface area contributed by atoms with Crippen molar-refractivity contribution >= 4 is 0 Å². The van der Waals surface area contributed by atoms with E-state index in [1.165, 1.54) is 29.6 Å². The fraction of sp³-hybridized carbons (Fsp3) is 0.412. The Kier molecular flexibility index (Phi) is 11.1. The second-order valence-electron chi connectivity index (χ2n) is 4.96. The molecule has 0 aliphatic heterocycles. The fourth-order valence-electron chi connectivity index (χ4n) is 1.83. The molecule has 0 aromatic carbocycles. The van der Waals surface area contributed by atoms with Crippen molar-refractivity contribution in [3.63, 3.8) is 0 Å². The normalized spacial score (nSPS) is 20.2. The SMILES string of the molecule is C[C]1[C](C)[C](C)[C](C)[C]1C.[CH2][C](C)[CH][C]([CH2])C.[Ru+2]. The van der Waals surface area contributed by atoms with Crippen LogP contribution in [0.25, 0.3) is 0 Å². The minimum absolute atomic E-state index is 0. The Morgan fingerprint density at radius 3 is 0.889 bits per heavy atom. The van der Waals surface area contributed by atoms with Crippen molar-refractivity contribution in [3.05, 3.63) is 61.7 Å². The van der Waals surface area contributed by atoms with Crippen molar-refractivity contribution in [3.8, 4) is 0 Å². The maximum absolute atomic E-state index is 3.68. The first-order valence-corrected chi connectivity index (χ1v) is 6.03. The van der Waals surface area contributed by atoms with Gasteiger partial charge in [0.1, 0.15) is 0 Å². The molecule has 0 atom stereocenters. The van der Waals surface area contributed by atoms with Crippen LogP contribution in [0.2, 0.25) is 0 Å². The molecule has 0 aromatic rings. The van der Waals surface area contributed by atoms with Crippen LogP contribution < -0.4 is 0 Å². The third-order valence-electron chi connectivity index (χ3n) is 3.31. The summed E-state index contributed by atoms with van der Waals surface area (Å²) in [5.74, 6) is 9.46. The monoisotopic (exact) mass is 332 g/mol. The number of rotatable bonds is 2. The first-order valence-electron chi connectivity index (χ1n) is 6.03. The molecule has 1 saturated carbocycles. The van der Waals surface area contributed by atoms with Gasteiger partial charge in [0.25, 0.3) is 0 Å². The second kappa shape index (κ2) is 9.52. The molecular formula is C17H26Ru+2. The van der Waals surface area contributed by atoms with Crippen molar-refractivity contribution in [2.75, 3.05) is 0 Å². The first kappa shape index (κ1) is 20.9. The first-order chi connectivity index (χ1) is 7.68. The molecular weight excluding hydrogens is 305 g/mol. The molecule has 0 heterocycles. The van der Waals surface area contributed by atoms with E-state index in [9.17, 15) is 0 Å². The van der Waals surface area contributed by atoms with E-state index in [0.29, 0.717) is 0 Å². The Labute approximate surface area is 129 Å². The fourth-order valence-corrected chi connectivity index (χ4v) is 1.83. The van der Waals surface area contributed by atoms with Crippen LogP contribution in [0.3, 0.4) is 0 Å². The van der Waals surface area contributed by atoms with Crippen LogP contribution in [-0.4, -0.2) is 0 Å². The van der Waals surface area contributed by atoms with Gasteiger partial charge in [-0.1, -0.05) is 48.5 Å². The molecule has 0 bridgehead atoms. The summed E-state index contributed by atoms with van der Waals surface area (Å²) in [4.78, 5) is 0. The van der Waals surface area contributed by atoms with Gasteiger partial charge >= 0.3 is 19.5 Å². The maximum Gasteiger partial charge on any atom is 2.00 e. The zero-order chi connectivity index (χ0) is 13.7. The van der Waals surface area contributed by atoms with Gasteiger partial charge in [-0.05, 0) is 61.7 Å². The van der Waals surface area contributed by atoms with Gasteiger partial charge in [-0.3, -0.25) is 0 Å². The van der Waals surface area contributed by atoms with E-state index in [-0.39, 0.29) is 19.5 Å². The predicted octanol–water partition coefficient (Wildman–Crippen LogP) is 5.02. The van der Waals surface area contributed by atoms with Crippen LogP contribution in [0.15, 0.2) is 0 Å². The summed E-state index contributed by atoms with van der Waals surface area (Å²) in [6.07, 6.45) is 1.94. The molecule has 0 N–H and O–H groups in total. The van der Waals surface area contributed by atoms with E-state index in [1.807, 2.05) is 20.3 Å². The molecule has 1 rings (SSSR count).